The van der Waals surface area contributed by atoms with Gasteiger partial charge in [-0.2, -0.15) is 4.31 Å². The van der Waals surface area contributed by atoms with Crippen LogP contribution in [0, 0.1) is 0 Å². The molecule has 0 saturated carbocycles. The van der Waals surface area contributed by atoms with Gasteiger partial charge in [0.1, 0.15) is 0 Å². The van der Waals surface area contributed by atoms with Gasteiger partial charge >= 0.3 is 0 Å². The highest BCUT2D eigenvalue weighted by molar-refractivity contribution is 7.89. The van der Waals surface area contributed by atoms with E-state index >= 15 is 0 Å². The minimum atomic E-state index is -3.44. The molecule has 0 aliphatic carbocycles. The molecular formula is C13H21N3O2S2. The van der Waals surface area contributed by atoms with Crippen molar-refractivity contribution < 1.29 is 8.42 Å². The number of sulfonamides is 1. The van der Waals surface area contributed by atoms with Crippen molar-refractivity contribution in [1.29, 1.82) is 0 Å². The van der Waals surface area contributed by atoms with Gasteiger partial charge in [0.05, 0.1) is 4.90 Å². The van der Waals surface area contributed by atoms with E-state index in [0.717, 1.165) is 0 Å². The first-order valence-electron chi connectivity index (χ1n) is 6.60. The van der Waals surface area contributed by atoms with E-state index in [1.165, 1.54) is 4.31 Å². The van der Waals surface area contributed by atoms with Crippen molar-refractivity contribution in [3.05, 3.63) is 24.3 Å². The van der Waals surface area contributed by atoms with E-state index in [0.29, 0.717) is 30.4 Å². The van der Waals surface area contributed by atoms with Gasteiger partial charge in [0, 0.05) is 25.3 Å². The summed E-state index contributed by atoms with van der Waals surface area (Å²) in [5, 5.41) is 6.40. The predicted octanol–water partition coefficient (Wildman–Crippen LogP) is 2.02. The topological polar surface area (TPSA) is 61.4 Å². The fraction of sp³-hybridized carbons (Fsp3) is 0.462. The molecular weight excluding hydrogens is 294 g/mol. The lowest BCUT2D eigenvalue weighted by molar-refractivity contribution is 0.445. The van der Waals surface area contributed by atoms with Crippen LogP contribution in [0.25, 0.3) is 0 Å². The SMILES string of the molecule is CCNC(=S)Nc1cccc(S(=O)(=O)N(CC)CC)c1. The van der Waals surface area contributed by atoms with Crippen molar-refractivity contribution in [3.8, 4) is 0 Å². The Balaban J connectivity index is 3.01. The monoisotopic (exact) mass is 315 g/mol. The molecule has 2 N–H and O–H groups in total. The van der Waals surface area contributed by atoms with Crippen LogP contribution in [-0.4, -0.2) is 37.5 Å². The molecule has 0 amide bonds. The summed E-state index contributed by atoms with van der Waals surface area (Å²) in [5.74, 6) is 0. The Kier molecular flexibility index (Phi) is 6.38. The number of rotatable bonds is 6. The lowest BCUT2D eigenvalue weighted by atomic mass is 10.3. The molecule has 0 saturated heterocycles. The van der Waals surface area contributed by atoms with E-state index in [4.69, 9.17) is 12.2 Å². The third kappa shape index (κ3) is 4.16. The largest absolute Gasteiger partial charge is 0.363 e. The predicted molar refractivity (Wildman–Crippen MR) is 86.4 cm³/mol. The van der Waals surface area contributed by atoms with Crippen molar-refractivity contribution in [1.82, 2.24) is 9.62 Å². The molecule has 1 rings (SSSR count). The summed E-state index contributed by atoms with van der Waals surface area (Å²) >= 11 is 5.09. The summed E-state index contributed by atoms with van der Waals surface area (Å²) in [7, 11) is -3.44. The number of anilines is 1. The van der Waals surface area contributed by atoms with Gasteiger partial charge in [0.2, 0.25) is 10.0 Å². The summed E-state index contributed by atoms with van der Waals surface area (Å²) in [6, 6.07) is 6.67. The van der Waals surface area contributed by atoms with Gasteiger partial charge in [-0.25, -0.2) is 8.42 Å². The van der Waals surface area contributed by atoms with Gasteiger partial charge in [-0.3, -0.25) is 0 Å². The van der Waals surface area contributed by atoms with Gasteiger partial charge in [0.15, 0.2) is 5.11 Å². The zero-order valence-electron chi connectivity index (χ0n) is 12.0. The van der Waals surface area contributed by atoms with Crippen LogP contribution in [0.5, 0.6) is 0 Å². The van der Waals surface area contributed by atoms with Crippen LogP contribution in [-0.2, 0) is 10.0 Å². The van der Waals surface area contributed by atoms with Crippen LogP contribution in [0.1, 0.15) is 20.8 Å². The second-order valence-corrected chi connectivity index (χ2v) is 6.45. The standard InChI is InChI=1S/C13H21N3O2S2/c1-4-14-13(19)15-11-8-7-9-12(10-11)20(17,18)16(5-2)6-3/h7-10H,4-6H2,1-3H3,(H2,14,15,19). The maximum absolute atomic E-state index is 12.4. The van der Waals surface area contributed by atoms with Gasteiger partial charge in [0.25, 0.3) is 0 Å². The summed E-state index contributed by atoms with van der Waals surface area (Å²) in [5.41, 5.74) is 0.657. The molecule has 0 aliphatic heterocycles. The van der Waals surface area contributed by atoms with E-state index in [1.54, 1.807) is 24.3 Å². The number of benzene rings is 1. The Morgan fingerprint density at radius 3 is 2.45 bits per heavy atom. The molecule has 0 aromatic heterocycles. The van der Waals surface area contributed by atoms with E-state index in [2.05, 4.69) is 10.6 Å². The third-order valence-corrected chi connectivity index (χ3v) is 5.06. The highest BCUT2D eigenvalue weighted by Gasteiger charge is 2.21. The van der Waals surface area contributed by atoms with Gasteiger partial charge in [-0.1, -0.05) is 19.9 Å². The Bertz CT molecular complexity index is 554. The summed E-state index contributed by atoms with van der Waals surface area (Å²) in [6.45, 7) is 7.20. The normalized spacial score (nSPS) is 11.4. The van der Waals surface area contributed by atoms with Crippen molar-refractivity contribution >= 4 is 33.0 Å². The minimum Gasteiger partial charge on any atom is -0.363 e. The number of thiocarbonyl (C=S) groups is 1. The fourth-order valence-corrected chi connectivity index (χ4v) is 3.55. The molecule has 0 radical (unpaired) electrons. The van der Waals surface area contributed by atoms with Crippen LogP contribution in [0.15, 0.2) is 29.2 Å². The smallest absolute Gasteiger partial charge is 0.243 e. The average molecular weight is 315 g/mol. The van der Waals surface area contributed by atoms with Gasteiger partial charge in [-0.15, -0.1) is 0 Å². The molecule has 5 nitrogen and oxygen atoms in total. The summed E-state index contributed by atoms with van der Waals surface area (Å²) in [4.78, 5) is 0.269. The molecule has 7 heteroatoms. The highest BCUT2D eigenvalue weighted by Crippen LogP contribution is 2.19. The van der Waals surface area contributed by atoms with Crippen molar-refractivity contribution in [2.75, 3.05) is 25.0 Å². The molecule has 0 unspecified atom stereocenters. The molecule has 0 spiro atoms. The first-order valence-corrected chi connectivity index (χ1v) is 8.45. The zero-order valence-corrected chi connectivity index (χ0v) is 13.6. The maximum atomic E-state index is 12.4. The average Bonchev–Trinajstić information content (AvgIpc) is 2.40. The lowest BCUT2D eigenvalue weighted by Gasteiger charge is -2.19. The number of hydrogen-bond donors (Lipinski definition) is 2. The molecule has 112 valence electrons. The van der Waals surface area contributed by atoms with Crippen LogP contribution >= 0.6 is 12.2 Å². The summed E-state index contributed by atoms with van der Waals surface area (Å²) in [6.07, 6.45) is 0. The van der Waals surface area contributed by atoms with Crippen molar-refractivity contribution in [2.45, 2.75) is 25.7 Å². The van der Waals surface area contributed by atoms with Crippen molar-refractivity contribution in [3.63, 3.8) is 0 Å². The van der Waals surface area contributed by atoms with Crippen LogP contribution < -0.4 is 10.6 Å². The Hall–Kier alpha value is -1.18. The highest BCUT2D eigenvalue weighted by atomic mass is 32.2. The van der Waals surface area contributed by atoms with Crippen LogP contribution in [0.2, 0.25) is 0 Å². The number of hydrogen-bond acceptors (Lipinski definition) is 3. The van der Waals surface area contributed by atoms with Gasteiger partial charge in [-0.05, 0) is 37.3 Å². The second-order valence-electron chi connectivity index (χ2n) is 4.10. The Morgan fingerprint density at radius 2 is 1.90 bits per heavy atom. The molecule has 1 aromatic carbocycles. The molecule has 1 aromatic rings. The third-order valence-electron chi connectivity index (χ3n) is 2.77. The Morgan fingerprint density at radius 1 is 1.25 bits per heavy atom. The van der Waals surface area contributed by atoms with E-state index in [-0.39, 0.29) is 4.90 Å². The van der Waals surface area contributed by atoms with Gasteiger partial charge < -0.3 is 10.6 Å². The number of nitrogens with zero attached hydrogens (tertiary/aromatic N) is 1. The van der Waals surface area contributed by atoms with E-state index < -0.39 is 10.0 Å². The first kappa shape index (κ1) is 16.9. The van der Waals surface area contributed by atoms with Crippen molar-refractivity contribution in [2.24, 2.45) is 0 Å². The Labute approximate surface area is 126 Å². The molecule has 0 fully saturated rings. The van der Waals surface area contributed by atoms with E-state index in [1.807, 2.05) is 20.8 Å². The maximum Gasteiger partial charge on any atom is 0.243 e. The van der Waals surface area contributed by atoms with Crippen LogP contribution in [0.3, 0.4) is 0 Å². The fourth-order valence-electron chi connectivity index (χ4n) is 1.78. The second kappa shape index (κ2) is 7.56. The molecule has 0 bridgehead atoms. The molecule has 0 atom stereocenters. The van der Waals surface area contributed by atoms with Crippen LogP contribution in [0.4, 0.5) is 5.69 Å². The molecule has 0 aliphatic rings. The quantitative estimate of drug-likeness (QED) is 0.787. The lowest BCUT2D eigenvalue weighted by Crippen LogP contribution is -2.31. The van der Waals surface area contributed by atoms with E-state index in [9.17, 15) is 8.42 Å². The molecule has 20 heavy (non-hydrogen) atoms. The molecule has 0 heterocycles. The minimum absolute atomic E-state index is 0.269. The zero-order chi connectivity index (χ0) is 15.2. The number of nitrogens with one attached hydrogen (secondary N) is 2. The first-order chi connectivity index (χ1) is 9.45. The summed E-state index contributed by atoms with van der Waals surface area (Å²) < 4.78 is 26.2.